The first-order valence-corrected chi connectivity index (χ1v) is 10.9. The highest BCUT2D eigenvalue weighted by Crippen LogP contribution is 2.35. The number of anilines is 1. The largest absolute Gasteiger partial charge is 0.308 e. The molecule has 6 heteroatoms. The molecule has 2 atom stereocenters. The Kier molecular flexibility index (Phi) is 5.21. The zero-order valence-electron chi connectivity index (χ0n) is 17.1. The van der Waals surface area contributed by atoms with Crippen LogP contribution in [0.25, 0.3) is 10.9 Å². The van der Waals surface area contributed by atoms with Crippen molar-refractivity contribution in [1.82, 2.24) is 9.55 Å². The summed E-state index contributed by atoms with van der Waals surface area (Å²) in [6.07, 6.45) is 0.865. The lowest BCUT2D eigenvalue weighted by Crippen LogP contribution is -2.40. The minimum Gasteiger partial charge on any atom is -0.308 e. The number of hydrogen-bond acceptors (Lipinski definition) is 4. The predicted octanol–water partition coefficient (Wildman–Crippen LogP) is 4.44. The monoisotopic (exact) mass is 407 g/mol. The van der Waals surface area contributed by atoms with Crippen LogP contribution in [0, 0.1) is 0 Å². The quantitative estimate of drug-likeness (QED) is 0.474. The number of thioether (sulfide) groups is 1. The van der Waals surface area contributed by atoms with Gasteiger partial charge in [0, 0.05) is 17.8 Å². The van der Waals surface area contributed by atoms with Crippen molar-refractivity contribution in [3.8, 4) is 0 Å². The highest BCUT2D eigenvalue weighted by Gasteiger charge is 2.34. The van der Waals surface area contributed by atoms with Gasteiger partial charge >= 0.3 is 0 Å². The van der Waals surface area contributed by atoms with Crippen molar-refractivity contribution in [1.29, 1.82) is 0 Å². The van der Waals surface area contributed by atoms with Crippen molar-refractivity contribution >= 4 is 34.3 Å². The molecule has 4 rings (SSSR count). The van der Waals surface area contributed by atoms with Crippen LogP contribution in [0.4, 0.5) is 5.69 Å². The topological polar surface area (TPSA) is 55.2 Å². The van der Waals surface area contributed by atoms with Gasteiger partial charge in [-0.15, -0.1) is 0 Å². The number of hydrogen-bond donors (Lipinski definition) is 0. The van der Waals surface area contributed by atoms with Gasteiger partial charge in [-0.05, 0) is 57.9 Å². The Balaban J connectivity index is 1.69. The van der Waals surface area contributed by atoms with Crippen LogP contribution in [0.15, 0.2) is 58.5 Å². The third-order valence-electron chi connectivity index (χ3n) is 5.37. The van der Waals surface area contributed by atoms with E-state index in [1.54, 1.807) is 10.6 Å². The Labute approximate surface area is 174 Å². The lowest BCUT2D eigenvalue weighted by Gasteiger charge is -2.26. The zero-order valence-corrected chi connectivity index (χ0v) is 17.9. The molecular weight excluding hydrogens is 382 g/mol. The lowest BCUT2D eigenvalue weighted by atomic mass is 10.1. The minimum atomic E-state index is -0.360. The number of para-hydroxylation sites is 2. The number of rotatable bonds is 4. The summed E-state index contributed by atoms with van der Waals surface area (Å²) in [5.74, 6) is 0.0464. The van der Waals surface area contributed by atoms with Gasteiger partial charge < -0.3 is 4.90 Å². The van der Waals surface area contributed by atoms with Crippen LogP contribution in [0.3, 0.4) is 0 Å². The maximum absolute atomic E-state index is 13.3. The molecule has 0 spiro atoms. The molecule has 1 amide bonds. The summed E-state index contributed by atoms with van der Waals surface area (Å²) in [6.45, 7) is 7.90. The number of carbonyl (C=O) groups excluding carboxylic acids is 1. The third-order valence-corrected chi connectivity index (χ3v) is 6.42. The molecule has 1 aliphatic heterocycles. The Morgan fingerprint density at radius 3 is 2.55 bits per heavy atom. The van der Waals surface area contributed by atoms with Crippen LogP contribution in [0.1, 0.15) is 39.3 Å². The zero-order chi connectivity index (χ0) is 20.7. The first-order valence-electron chi connectivity index (χ1n) is 9.97. The number of amides is 1. The number of carbonyl (C=O) groups is 1. The van der Waals surface area contributed by atoms with Gasteiger partial charge in [0.05, 0.1) is 16.2 Å². The van der Waals surface area contributed by atoms with Crippen molar-refractivity contribution in [3.63, 3.8) is 0 Å². The van der Waals surface area contributed by atoms with Gasteiger partial charge in [0.25, 0.3) is 5.56 Å². The smallest absolute Gasteiger partial charge is 0.262 e. The van der Waals surface area contributed by atoms with Crippen molar-refractivity contribution in [2.75, 3.05) is 4.90 Å². The summed E-state index contributed by atoms with van der Waals surface area (Å²) in [5, 5.41) is 0.831. The Hall–Kier alpha value is -2.60. The van der Waals surface area contributed by atoms with Crippen LogP contribution < -0.4 is 10.5 Å². The molecule has 0 N–H and O–H groups in total. The number of fused-ring (bicyclic) bond motifs is 2. The molecule has 0 aliphatic carbocycles. The summed E-state index contributed by atoms with van der Waals surface area (Å²) in [5.41, 5.74) is 2.79. The summed E-state index contributed by atoms with van der Waals surface area (Å²) in [4.78, 5) is 33.0. The second-order valence-corrected chi connectivity index (χ2v) is 9.14. The van der Waals surface area contributed by atoms with E-state index >= 15 is 0 Å². The molecule has 0 fully saturated rings. The highest BCUT2D eigenvalue weighted by atomic mass is 32.2. The first kappa shape index (κ1) is 19.7. The summed E-state index contributed by atoms with van der Waals surface area (Å²) in [7, 11) is 0. The lowest BCUT2D eigenvalue weighted by molar-refractivity contribution is -0.118. The Bertz CT molecular complexity index is 1140. The highest BCUT2D eigenvalue weighted by molar-refractivity contribution is 8.00. The summed E-state index contributed by atoms with van der Waals surface area (Å²) in [6, 6.07) is 15.5. The normalized spacial score (nSPS) is 17.0. The van der Waals surface area contributed by atoms with Crippen LogP contribution in [-0.4, -0.2) is 26.8 Å². The van der Waals surface area contributed by atoms with Crippen LogP contribution in [0.5, 0.6) is 0 Å². The maximum atomic E-state index is 13.3. The van der Waals surface area contributed by atoms with Gasteiger partial charge in [-0.3, -0.25) is 14.2 Å². The molecule has 150 valence electrons. The first-order chi connectivity index (χ1) is 13.9. The van der Waals surface area contributed by atoms with E-state index in [-0.39, 0.29) is 28.8 Å². The number of aromatic nitrogens is 2. The van der Waals surface area contributed by atoms with Gasteiger partial charge in [0.2, 0.25) is 5.91 Å². The maximum Gasteiger partial charge on any atom is 0.262 e. The number of benzene rings is 2. The van der Waals surface area contributed by atoms with Crippen molar-refractivity contribution in [3.05, 3.63) is 64.4 Å². The van der Waals surface area contributed by atoms with E-state index in [4.69, 9.17) is 4.98 Å². The Morgan fingerprint density at radius 1 is 1.10 bits per heavy atom. The molecule has 0 saturated carbocycles. The molecule has 0 saturated heterocycles. The van der Waals surface area contributed by atoms with E-state index in [9.17, 15) is 9.59 Å². The van der Waals surface area contributed by atoms with Gasteiger partial charge in [-0.25, -0.2) is 4.98 Å². The fourth-order valence-electron chi connectivity index (χ4n) is 3.97. The molecule has 0 bridgehead atoms. The van der Waals surface area contributed by atoms with E-state index in [1.165, 1.54) is 17.3 Å². The molecule has 0 radical (unpaired) electrons. The third kappa shape index (κ3) is 3.46. The van der Waals surface area contributed by atoms with Crippen LogP contribution in [0.2, 0.25) is 0 Å². The summed E-state index contributed by atoms with van der Waals surface area (Å²) >= 11 is 1.36. The molecule has 29 heavy (non-hydrogen) atoms. The summed E-state index contributed by atoms with van der Waals surface area (Å²) < 4.78 is 1.69. The molecule has 5 nitrogen and oxygen atoms in total. The Morgan fingerprint density at radius 2 is 1.79 bits per heavy atom. The molecule has 2 aromatic carbocycles. The molecule has 3 aromatic rings. The molecule has 1 aliphatic rings. The van der Waals surface area contributed by atoms with Gasteiger partial charge in [-0.1, -0.05) is 42.1 Å². The fraction of sp³-hybridized carbons (Fsp3) is 0.348. The molecule has 1 aromatic heterocycles. The molecule has 0 unspecified atom stereocenters. The standard InChI is InChI=1S/C23H25N3O2S/c1-14(2)25-22(28)18-10-6-7-11-19(18)24-23(25)29-16(4)21(27)26-15(3)13-17-9-5-8-12-20(17)26/h5-12,14-16H,13H2,1-4H3/t15-,16+/m1/s1. The predicted molar refractivity (Wildman–Crippen MR) is 119 cm³/mol. The van der Waals surface area contributed by atoms with Crippen molar-refractivity contribution in [2.24, 2.45) is 0 Å². The van der Waals surface area contributed by atoms with E-state index < -0.39 is 0 Å². The van der Waals surface area contributed by atoms with Crippen LogP contribution in [-0.2, 0) is 11.2 Å². The van der Waals surface area contributed by atoms with E-state index in [1.807, 2.05) is 62.1 Å². The number of nitrogens with zero attached hydrogens (tertiary/aromatic N) is 3. The van der Waals surface area contributed by atoms with Crippen molar-refractivity contribution < 1.29 is 4.79 Å². The van der Waals surface area contributed by atoms with Crippen molar-refractivity contribution in [2.45, 2.75) is 56.6 Å². The fourth-order valence-corrected chi connectivity index (χ4v) is 5.06. The van der Waals surface area contributed by atoms with Crippen LogP contribution >= 0.6 is 11.8 Å². The van der Waals surface area contributed by atoms with E-state index in [0.717, 1.165) is 12.1 Å². The van der Waals surface area contributed by atoms with Gasteiger partial charge in [0.1, 0.15) is 0 Å². The molecular formula is C23H25N3O2S. The SMILES string of the molecule is CC(C)n1c(S[C@@H](C)C(=O)N2c3ccccc3C[C@H]2C)nc2ccccc2c1=O. The van der Waals surface area contributed by atoms with E-state index in [2.05, 4.69) is 13.0 Å². The minimum absolute atomic E-state index is 0.0455. The molecule has 2 heterocycles. The average molecular weight is 408 g/mol. The van der Waals surface area contributed by atoms with Gasteiger partial charge in [0.15, 0.2) is 5.16 Å². The second kappa shape index (κ2) is 7.67. The van der Waals surface area contributed by atoms with E-state index in [0.29, 0.717) is 16.1 Å². The van der Waals surface area contributed by atoms with Gasteiger partial charge in [-0.2, -0.15) is 0 Å². The second-order valence-electron chi connectivity index (χ2n) is 7.83. The average Bonchev–Trinajstić information content (AvgIpc) is 3.02.